The van der Waals surface area contributed by atoms with Crippen molar-refractivity contribution in [3.8, 4) is 0 Å². The topological polar surface area (TPSA) is 109 Å². The lowest BCUT2D eigenvalue weighted by molar-refractivity contribution is -0.164. The lowest BCUT2D eigenvalue weighted by Crippen LogP contribution is -2.69. The van der Waals surface area contributed by atoms with Crippen LogP contribution in [0.1, 0.15) is 56.9 Å². The van der Waals surface area contributed by atoms with Gasteiger partial charge in [0.1, 0.15) is 17.1 Å². The number of hydrogen-bond acceptors (Lipinski definition) is 4. The Bertz CT molecular complexity index is 1400. The standard InChI is InChI=1S/C24H20ClF3N4O4/c1-8-12(19(33)21(35)31-23(22(36)29-2)6-24(27,28)7-23)17-13-14-15(13)18(14)32(17)16(8)20(34)30-9-3-4-11(26)10(25)5-9/h3-5,13-15,18H,6-7H2,1-2H3,(H,29,36)(H,30,34)(H,31,35)/t13?,14-,15-,18?/m0/s1. The zero-order chi connectivity index (χ0) is 25.9. The molecule has 2 aliphatic heterocycles. The normalized spacial score (nSPS) is 26.7. The number of carbonyl (C=O) groups excluding carboxylic acids is 4. The lowest BCUT2D eigenvalue weighted by atomic mass is 9.72. The van der Waals surface area contributed by atoms with Crippen LogP contribution in [0.2, 0.25) is 5.02 Å². The molecule has 8 nitrogen and oxygen atoms in total. The SMILES string of the molecule is CNC(=O)C1(NC(=O)C(=O)c2c(C)c(C(=O)Nc3ccc(F)c(Cl)c3)n3c2C2[C@@H]4C3[C@@H]24)CC(F)(F)C1. The minimum Gasteiger partial charge on any atom is -0.357 e. The molecule has 2 atom stereocenters. The van der Waals surface area contributed by atoms with E-state index >= 15 is 0 Å². The van der Waals surface area contributed by atoms with Gasteiger partial charge < -0.3 is 20.5 Å². The summed E-state index contributed by atoms with van der Waals surface area (Å²) in [5, 5.41) is 6.98. The number of Topliss-reactive ketones (excluding diaryl/α,β-unsaturated/α-hetero) is 1. The molecule has 3 saturated carbocycles. The van der Waals surface area contributed by atoms with Gasteiger partial charge in [0.2, 0.25) is 5.91 Å². The molecule has 1 aromatic carbocycles. The van der Waals surface area contributed by atoms with Crippen LogP contribution >= 0.6 is 11.6 Å². The molecule has 3 heterocycles. The molecule has 2 bridgehead atoms. The largest absolute Gasteiger partial charge is 0.357 e. The highest BCUT2D eigenvalue weighted by Crippen LogP contribution is 2.86. The fraction of sp³-hybridized carbons (Fsp3) is 0.417. The molecular formula is C24H20ClF3N4O4. The summed E-state index contributed by atoms with van der Waals surface area (Å²) in [7, 11) is 1.26. The van der Waals surface area contributed by atoms with Crippen LogP contribution in [0.25, 0.3) is 0 Å². The van der Waals surface area contributed by atoms with Crippen LogP contribution < -0.4 is 16.0 Å². The van der Waals surface area contributed by atoms with Crippen molar-refractivity contribution in [2.45, 2.75) is 43.2 Å². The number of ketones is 1. The van der Waals surface area contributed by atoms with Gasteiger partial charge >= 0.3 is 0 Å². The monoisotopic (exact) mass is 520 g/mol. The highest BCUT2D eigenvalue weighted by molar-refractivity contribution is 6.44. The molecule has 0 saturated heterocycles. The molecule has 36 heavy (non-hydrogen) atoms. The number of alkyl halides is 2. The first-order chi connectivity index (χ1) is 16.9. The lowest BCUT2D eigenvalue weighted by Gasteiger charge is -2.45. The summed E-state index contributed by atoms with van der Waals surface area (Å²) in [6, 6.07) is 3.78. The van der Waals surface area contributed by atoms with E-state index in [-0.39, 0.29) is 39.5 Å². The molecule has 7 rings (SSSR count). The Morgan fingerprint density at radius 2 is 1.81 bits per heavy atom. The number of anilines is 1. The van der Waals surface area contributed by atoms with Gasteiger partial charge in [-0.3, -0.25) is 19.2 Å². The van der Waals surface area contributed by atoms with Gasteiger partial charge in [0.05, 0.1) is 10.6 Å². The second-order valence-corrected chi connectivity index (χ2v) is 10.4. The van der Waals surface area contributed by atoms with E-state index in [1.54, 1.807) is 11.5 Å². The summed E-state index contributed by atoms with van der Waals surface area (Å²) in [5.74, 6) is -6.61. The second-order valence-electron chi connectivity index (χ2n) is 10.0. The first-order valence-electron chi connectivity index (χ1n) is 11.4. The van der Waals surface area contributed by atoms with E-state index in [0.717, 1.165) is 6.07 Å². The summed E-state index contributed by atoms with van der Waals surface area (Å²) in [6.07, 6.45) is -1.82. The van der Waals surface area contributed by atoms with Crippen molar-refractivity contribution in [3.63, 3.8) is 0 Å². The smallest absolute Gasteiger partial charge is 0.293 e. The Morgan fingerprint density at radius 1 is 1.14 bits per heavy atom. The number of carbonyl (C=O) groups is 4. The predicted octanol–water partition coefficient (Wildman–Crippen LogP) is 2.95. The summed E-state index contributed by atoms with van der Waals surface area (Å²) >= 11 is 5.81. The van der Waals surface area contributed by atoms with E-state index in [2.05, 4.69) is 16.0 Å². The molecule has 3 amide bonds. The number of likely N-dealkylation sites (N-methyl/N-ethyl adjacent to an activating group) is 1. The van der Waals surface area contributed by atoms with E-state index in [1.807, 2.05) is 0 Å². The van der Waals surface area contributed by atoms with Gasteiger partial charge in [-0.2, -0.15) is 0 Å². The van der Waals surface area contributed by atoms with Gasteiger partial charge in [-0.05, 0) is 42.5 Å². The van der Waals surface area contributed by atoms with Gasteiger partial charge in [0.15, 0.2) is 0 Å². The van der Waals surface area contributed by atoms with Gasteiger partial charge in [-0.15, -0.1) is 0 Å². The molecule has 0 spiro atoms. The van der Waals surface area contributed by atoms with Crippen molar-refractivity contribution in [3.05, 3.63) is 51.6 Å². The molecule has 5 aliphatic rings. The molecule has 0 unspecified atom stereocenters. The minimum absolute atomic E-state index is 0.0585. The van der Waals surface area contributed by atoms with E-state index in [1.165, 1.54) is 19.2 Å². The molecule has 2 aromatic rings. The maximum atomic E-state index is 13.6. The van der Waals surface area contributed by atoms with Crippen LogP contribution in [0, 0.1) is 24.6 Å². The van der Waals surface area contributed by atoms with Crippen molar-refractivity contribution >= 4 is 40.8 Å². The van der Waals surface area contributed by atoms with Crippen molar-refractivity contribution in [1.82, 2.24) is 15.2 Å². The van der Waals surface area contributed by atoms with E-state index < -0.39 is 53.6 Å². The van der Waals surface area contributed by atoms with Crippen LogP contribution in [0.4, 0.5) is 18.9 Å². The predicted molar refractivity (Wildman–Crippen MR) is 121 cm³/mol. The molecule has 0 radical (unpaired) electrons. The fourth-order valence-electron chi connectivity index (χ4n) is 6.15. The number of rotatable bonds is 6. The Kier molecular flexibility index (Phi) is 4.56. The highest BCUT2D eigenvalue weighted by Gasteiger charge is 2.81. The molecular weight excluding hydrogens is 501 g/mol. The van der Waals surface area contributed by atoms with Crippen molar-refractivity contribution in [2.75, 3.05) is 12.4 Å². The Balaban J connectivity index is 1.31. The third-order valence-electron chi connectivity index (χ3n) is 7.84. The molecule has 188 valence electrons. The van der Waals surface area contributed by atoms with Crippen molar-refractivity contribution in [1.29, 1.82) is 0 Å². The van der Waals surface area contributed by atoms with Gasteiger partial charge in [-0.1, -0.05) is 11.6 Å². The fourth-order valence-corrected chi connectivity index (χ4v) is 6.33. The number of hydrogen-bond donors (Lipinski definition) is 3. The number of nitrogens with zero attached hydrogens (tertiary/aromatic N) is 1. The Hall–Kier alpha value is -3.34. The third-order valence-corrected chi connectivity index (χ3v) is 8.13. The maximum absolute atomic E-state index is 13.6. The third kappa shape index (κ3) is 3.01. The molecule has 12 heteroatoms. The molecule has 3 aliphatic carbocycles. The number of amides is 3. The van der Waals surface area contributed by atoms with E-state index in [4.69, 9.17) is 11.6 Å². The van der Waals surface area contributed by atoms with Crippen LogP contribution in [0.5, 0.6) is 0 Å². The zero-order valence-electron chi connectivity index (χ0n) is 19.0. The summed E-state index contributed by atoms with van der Waals surface area (Å²) < 4.78 is 42.5. The number of nitrogens with one attached hydrogen (secondary N) is 3. The van der Waals surface area contributed by atoms with Gasteiger partial charge in [0, 0.05) is 43.2 Å². The second kappa shape index (κ2) is 7.12. The quantitative estimate of drug-likeness (QED) is 0.402. The van der Waals surface area contributed by atoms with Crippen LogP contribution in [0.3, 0.4) is 0 Å². The maximum Gasteiger partial charge on any atom is 0.293 e. The molecule has 3 N–H and O–H groups in total. The van der Waals surface area contributed by atoms with Crippen molar-refractivity contribution < 1.29 is 32.3 Å². The van der Waals surface area contributed by atoms with E-state index in [0.29, 0.717) is 17.5 Å². The highest BCUT2D eigenvalue weighted by atomic mass is 35.5. The summed E-state index contributed by atoms with van der Waals surface area (Å²) in [4.78, 5) is 51.8. The Labute approximate surface area is 207 Å². The van der Waals surface area contributed by atoms with Crippen LogP contribution in [-0.4, -0.2) is 46.6 Å². The number of benzene rings is 1. The van der Waals surface area contributed by atoms with Gasteiger partial charge in [-0.25, -0.2) is 13.2 Å². The minimum atomic E-state index is -3.13. The Morgan fingerprint density at radius 3 is 2.39 bits per heavy atom. The summed E-state index contributed by atoms with van der Waals surface area (Å²) in [5.41, 5.74) is -0.499. The zero-order valence-corrected chi connectivity index (χ0v) is 19.8. The number of aromatic nitrogens is 1. The summed E-state index contributed by atoms with van der Waals surface area (Å²) in [6.45, 7) is 1.54. The van der Waals surface area contributed by atoms with Crippen molar-refractivity contribution in [2.24, 2.45) is 11.8 Å². The first kappa shape index (κ1) is 23.1. The first-order valence-corrected chi connectivity index (χ1v) is 11.8. The van der Waals surface area contributed by atoms with Crippen LogP contribution in [-0.2, 0) is 9.59 Å². The molecule has 1 aromatic heterocycles. The average Bonchev–Trinajstić information content (AvgIpc) is 3.59. The van der Waals surface area contributed by atoms with Gasteiger partial charge in [0.25, 0.3) is 23.5 Å². The average molecular weight is 521 g/mol. The number of halogens is 4. The molecule has 3 fully saturated rings. The van der Waals surface area contributed by atoms with E-state index in [9.17, 15) is 32.3 Å². The van der Waals surface area contributed by atoms with Crippen LogP contribution in [0.15, 0.2) is 18.2 Å².